The van der Waals surface area contributed by atoms with E-state index in [1.165, 1.54) is 6.07 Å². The van der Waals surface area contributed by atoms with Crippen molar-refractivity contribution in [1.29, 1.82) is 0 Å². The van der Waals surface area contributed by atoms with Crippen LogP contribution in [0.25, 0.3) is 0 Å². The highest BCUT2D eigenvalue weighted by atomic mass is 19.1. The molecule has 1 amide bonds. The molecule has 1 aliphatic carbocycles. The van der Waals surface area contributed by atoms with Crippen LogP contribution in [-0.4, -0.2) is 12.5 Å². The number of rotatable bonds is 2. The number of carbonyl (C=O) groups is 1. The third kappa shape index (κ3) is 2.66. The van der Waals surface area contributed by atoms with Gasteiger partial charge in [-0.2, -0.15) is 0 Å². The SMILES string of the molecule is CC1(C)C(C(=O)Nc2ccc(C#CCN)c(F)c2)C1(C)C. The molecular formula is C17H21FN2O. The molecule has 0 unspecified atom stereocenters. The molecule has 0 atom stereocenters. The molecule has 0 bridgehead atoms. The van der Waals surface area contributed by atoms with Gasteiger partial charge in [0.2, 0.25) is 5.91 Å². The van der Waals surface area contributed by atoms with Gasteiger partial charge in [-0.1, -0.05) is 39.5 Å². The standard InChI is InChI=1S/C17H21FN2O/c1-16(2)14(17(16,3)4)15(21)20-12-8-7-11(6-5-9-19)13(18)10-12/h7-8,10,14H,9,19H2,1-4H3,(H,20,21). The smallest absolute Gasteiger partial charge is 0.228 e. The van der Waals surface area contributed by atoms with E-state index in [9.17, 15) is 9.18 Å². The second-order valence-electron chi connectivity index (χ2n) is 6.57. The molecule has 0 saturated heterocycles. The van der Waals surface area contributed by atoms with Crippen molar-refractivity contribution in [3.8, 4) is 11.8 Å². The minimum Gasteiger partial charge on any atom is -0.326 e. The normalized spacial score (nSPS) is 18.6. The molecule has 21 heavy (non-hydrogen) atoms. The Hall–Kier alpha value is -1.86. The van der Waals surface area contributed by atoms with Crippen LogP contribution in [0.2, 0.25) is 0 Å². The monoisotopic (exact) mass is 288 g/mol. The second-order valence-corrected chi connectivity index (χ2v) is 6.57. The lowest BCUT2D eigenvalue weighted by Crippen LogP contribution is -2.17. The number of nitrogens with two attached hydrogens (primary N) is 1. The summed E-state index contributed by atoms with van der Waals surface area (Å²) in [5.74, 6) is 4.67. The molecule has 1 aromatic carbocycles. The predicted octanol–water partition coefficient (Wildman–Crippen LogP) is 2.76. The lowest BCUT2D eigenvalue weighted by molar-refractivity contribution is -0.118. The quantitative estimate of drug-likeness (QED) is 0.822. The third-order valence-corrected chi connectivity index (χ3v) is 4.84. The van der Waals surface area contributed by atoms with E-state index in [1.54, 1.807) is 12.1 Å². The van der Waals surface area contributed by atoms with E-state index in [-0.39, 0.29) is 34.8 Å². The van der Waals surface area contributed by atoms with E-state index in [4.69, 9.17) is 5.73 Å². The van der Waals surface area contributed by atoms with Gasteiger partial charge in [0.05, 0.1) is 12.1 Å². The van der Waals surface area contributed by atoms with Gasteiger partial charge < -0.3 is 11.1 Å². The van der Waals surface area contributed by atoms with Crippen LogP contribution < -0.4 is 11.1 Å². The fourth-order valence-corrected chi connectivity index (χ4v) is 2.91. The lowest BCUT2D eigenvalue weighted by Gasteiger charge is -2.07. The maximum atomic E-state index is 13.9. The van der Waals surface area contributed by atoms with Gasteiger partial charge in [0, 0.05) is 11.6 Å². The number of nitrogens with one attached hydrogen (secondary N) is 1. The van der Waals surface area contributed by atoms with Crippen molar-refractivity contribution >= 4 is 11.6 Å². The summed E-state index contributed by atoms with van der Waals surface area (Å²) in [5, 5.41) is 2.79. The molecule has 2 rings (SSSR count). The molecule has 0 spiro atoms. The molecule has 1 aliphatic rings. The highest BCUT2D eigenvalue weighted by Crippen LogP contribution is 2.68. The number of amides is 1. The first kappa shape index (κ1) is 15.5. The topological polar surface area (TPSA) is 55.1 Å². The van der Waals surface area contributed by atoms with Crippen molar-refractivity contribution in [2.75, 3.05) is 11.9 Å². The minimum absolute atomic E-state index is 0.0395. The molecule has 4 heteroatoms. The van der Waals surface area contributed by atoms with Gasteiger partial charge in [-0.15, -0.1) is 0 Å². The summed E-state index contributed by atoms with van der Waals surface area (Å²) in [6.45, 7) is 8.48. The Bertz CT molecular complexity index is 624. The first-order valence-electron chi connectivity index (χ1n) is 7.01. The Morgan fingerprint density at radius 3 is 2.43 bits per heavy atom. The summed E-state index contributed by atoms with van der Waals surface area (Å²) in [7, 11) is 0. The van der Waals surface area contributed by atoms with E-state index in [1.807, 2.05) is 0 Å². The lowest BCUT2D eigenvalue weighted by atomic mass is 10.0. The van der Waals surface area contributed by atoms with Crippen LogP contribution in [0.5, 0.6) is 0 Å². The second kappa shape index (κ2) is 5.16. The van der Waals surface area contributed by atoms with Crippen molar-refractivity contribution in [2.24, 2.45) is 22.5 Å². The van der Waals surface area contributed by atoms with Crippen molar-refractivity contribution < 1.29 is 9.18 Å². The van der Waals surface area contributed by atoms with Gasteiger partial charge in [-0.05, 0) is 29.0 Å². The molecule has 0 aromatic heterocycles. The van der Waals surface area contributed by atoms with Crippen LogP contribution in [0, 0.1) is 34.4 Å². The summed E-state index contributed by atoms with van der Waals surface area (Å²) < 4.78 is 13.9. The highest BCUT2D eigenvalue weighted by molar-refractivity contribution is 5.96. The van der Waals surface area contributed by atoms with E-state index in [0.29, 0.717) is 5.69 Å². The molecule has 0 radical (unpaired) electrons. The number of halogens is 1. The van der Waals surface area contributed by atoms with Gasteiger partial charge in [0.25, 0.3) is 0 Å². The Morgan fingerprint density at radius 1 is 1.33 bits per heavy atom. The van der Waals surface area contributed by atoms with Crippen LogP contribution >= 0.6 is 0 Å². The zero-order chi connectivity index (χ0) is 15.8. The molecule has 0 aliphatic heterocycles. The summed E-state index contributed by atoms with van der Waals surface area (Å²) in [4.78, 5) is 12.3. The number of hydrogen-bond acceptors (Lipinski definition) is 2. The molecular weight excluding hydrogens is 267 g/mol. The van der Waals surface area contributed by atoms with Gasteiger partial charge >= 0.3 is 0 Å². The summed E-state index contributed by atoms with van der Waals surface area (Å²) in [5.41, 5.74) is 5.92. The zero-order valence-electron chi connectivity index (χ0n) is 12.9. The van der Waals surface area contributed by atoms with Gasteiger partial charge in [-0.3, -0.25) is 4.79 Å². The molecule has 3 N–H and O–H groups in total. The Morgan fingerprint density at radius 2 is 1.95 bits per heavy atom. The summed E-state index contributed by atoms with van der Waals surface area (Å²) in [6.07, 6.45) is 0. The molecule has 0 heterocycles. The Kier molecular flexibility index (Phi) is 3.81. The maximum Gasteiger partial charge on any atom is 0.228 e. The molecule has 1 fully saturated rings. The molecule has 1 saturated carbocycles. The van der Waals surface area contributed by atoms with E-state index < -0.39 is 5.82 Å². The van der Waals surface area contributed by atoms with Crippen molar-refractivity contribution in [3.05, 3.63) is 29.6 Å². The minimum atomic E-state index is -0.455. The van der Waals surface area contributed by atoms with Crippen LogP contribution in [-0.2, 0) is 4.79 Å². The van der Waals surface area contributed by atoms with Crippen molar-refractivity contribution in [2.45, 2.75) is 27.7 Å². The Labute approximate surface area is 125 Å². The van der Waals surface area contributed by atoms with E-state index in [2.05, 4.69) is 44.9 Å². The fourth-order valence-electron chi connectivity index (χ4n) is 2.91. The molecule has 1 aromatic rings. The first-order valence-corrected chi connectivity index (χ1v) is 7.01. The van der Waals surface area contributed by atoms with Gasteiger partial charge in [0.15, 0.2) is 0 Å². The van der Waals surface area contributed by atoms with E-state index in [0.717, 1.165) is 0 Å². The first-order chi connectivity index (χ1) is 9.71. The summed E-state index contributed by atoms with van der Waals surface area (Å²) in [6, 6.07) is 4.50. The van der Waals surface area contributed by atoms with Gasteiger partial charge in [-0.25, -0.2) is 4.39 Å². The number of carbonyl (C=O) groups excluding carboxylic acids is 1. The van der Waals surface area contributed by atoms with Crippen LogP contribution in [0.15, 0.2) is 18.2 Å². The van der Waals surface area contributed by atoms with Crippen LogP contribution in [0.1, 0.15) is 33.3 Å². The highest BCUT2D eigenvalue weighted by Gasteiger charge is 2.68. The number of anilines is 1. The zero-order valence-corrected chi connectivity index (χ0v) is 12.9. The average molecular weight is 288 g/mol. The van der Waals surface area contributed by atoms with Crippen molar-refractivity contribution in [3.63, 3.8) is 0 Å². The molecule has 3 nitrogen and oxygen atoms in total. The number of hydrogen-bond donors (Lipinski definition) is 2. The van der Waals surface area contributed by atoms with Crippen LogP contribution in [0.3, 0.4) is 0 Å². The molecule has 112 valence electrons. The van der Waals surface area contributed by atoms with Crippen molar-refractivity contribution in [1.82, 2.24) is 0 Å². The maximum absolute atomic E-state index is 13.9. The number of benzene rings is 1. The third-order valence-electron chi connectivity index (χ3n) is 4.84. The largest absolute Gasteiger partial charge is 0.326 e. The predicted molar refractivity (Wildman–Crippen MR) is 82.0 cm³/mol. The van der Waals surface area contributed by atoms with E-state index >= 15 is 0 Å². The summed E-state index contributed by atoms with van der Waals surface area (Å²) >= 11 is 0. The van der Waals surface area contributed by atoms with Crippen LogP contribution in [0.4, 0.5) is 10.1 Å². The van der Waals surface area contributed by atoms with Gasteiger partial charge in [0.1, 0.15) is 5.82 Å². The fraction of sp³-hybridized carbons (Fsp3) is 0.471. The average Bonchev–Trinajstić information content (AvgIpc) is 2.78. The Balaban J connectivity index is 2.12.